The van der Waals surface area contributed by atoms with E-state index in [4.69, 9.17) is 5.73 Å². The first kappa shape index (κ1) is 12.4. The van der Waals surface area contributed by atoms with Crippen LogP contribution in [0.2, 0.25) is 0 Å². The maximum Gasteiger partial charge on any atom is 0.574 e. The zero-order chi connectivity index (χ0) is 12.3. The van der Waals surface area contributed by atoms with E-state index in [9.17, 15) is 18.3 Å². The van der Waals surface area contributed by atoms with Gasteiger partial charge in [-0.2, -0.15) is 4.98 Å². The van der Waals surface area contributed by atoms with E-state index in [-0.39, 0.29) is 18.0 Å². The molecule has 0 aliphatic carbocycles. The van der Waals surface area contributed by atoms with Crippen LogP contribution in [0.3, 0.4) is 0 Å². The predicted molar refractivity (Wildman–Crippen MR) is 47.0 cm³/mol. The van der Waals surface area contributed by atoms with Crippen LogP contribution >= 0.6 is 0 Å². The molecule has 0 saturated heterocycles. The smallest absolute Gasteiger partial charge is 0.503 e. The fraction of sp³-hybridized carbons (Fsp3) is 0.375. The number of halogens is 3. The monoisotopic (exact) mass is 238 g/mol. The van der Waals surface area contributed by atoms with Gasteiger partial charge in [0.2, 0.25) is 5.88 Å². The highest BCUT2D eigenvalue weighted by molar-refractivity contribution is 5.43. The summed E-state index contributed by atoms with van der Waals surface area (Å²) in [5.41, 5.74) is 5.27. The van der Waals surface area contributed by atoms with E-state index >= 15 is 0 Å². The number of rotatable bonds is 3. The number of nitrogens with two attached hydrogens (primary N) is 1. The van der Waals surface area contributed by atoms with Crippen molar-refractivity contribution in [3.05, 3.63) is 11.6 Å². The summed E-state index contributed by atoms with van der Waals surface area (Å²) in [6.07, 6.45) is -4.94. The highest BCUT2D eigenvalue weighted by Gasteiger charge is 2.34. The zero-order valence-electron chi connectivity index (χ0n) is 8.21. The fourth-order valence-electron chi connectivity index (χ4n) is 0.981. The van der Waals surface area contributed by atoms with Crippen molar-refractivity contribution in [1.29, 1.82) is 0 Å². The van der Waals surface area contributed by atoms with Crippen molar-refractivity contribution in [2.45, 2.75) is 12.9 Å². The van der Waals surface area contributed by atoms with Gasteiger partial charge in [-0.25, -0.2) is 0 Å². The third kappa shape index (κ3) is 2.89. The molecule has 5 nitrogen and oxygen atoms in total. The van der Waals surface area contributed by atoms with Crippen LogP contribution in [-0.2, 0) is 6.54 Å². The number of ether oxygens (including phenoxy) is 2. The van der Waals surface area contributed by atoms with Gasteiger partial charge in [0.1, 0.15) is 0 Å². The Kier molecular flexibility index (Phi) is 3.43. The number of alkyl halides is 3. The molecule has 3 N–H and O–H groups in total. The molecule has 0 amide bonds. The molecule has 0 aliphatic rings. The summed E-state index contributed by atoms with van der Waals surface area (Å²) >= 11 is 0. The Balaban J connectivity index is 3.16. The number of aromatic nitrogens is 1. The van der Waals surface area contributed by atoms with Crippen molar-refractivity contribution in [3.63, 3.8) is 0 Å². The second-order valence-corrected chi connectivity index (χ2v) is 2.73. The number of hydrogen-bond donors (Lipinski definition) is 2. The Labute approximate surface area is 88.6 Å². The number of hydrogen-bond acceptors (Lipinski definition) is 5. The standard InChI is InChI=1S/C8H9F3N2O3/c1-15-5-2-4(3-12)6(14)7(13-5)16-8(9,10)11/h2,14H,3,12H2,1H3. The van der Waals surface area contributed by atoms with Gasteiger partial charge in [-0.15, -0.1) is 13.2 Å². The molecule has 90 valence electrons. The van der Waals surface area contributed by atoms with Crippen molar-refractivity contribution in [2.75, 3.05) is 7.11 Å². The van der Waals surface area contributed by atoms with Crippen LogP contribution in [0.15, 0.2) is 6.07 Å². The van der Waals surface area contributed by atoms with Gasteiger partial charge >= 0.3 is 6.36 Å². The van der Waals surface area contributed by atoms with E-state index in [0.29, 0.717) is 0 Å². The van der Waals surface area contributed by atoms with Gasteiger partial charge in [-0.3, -0.25) is 0 Å². The first-order chi connectivity index (χ1) is 7.37. The molecule has 1 heterocycles. The van der Waals surface area contributed by atoms with Gasteiger partial charge < -0.3 is 20.3 Å². The van der Waals surface area contributed by atoms with Crippen LogP contribution in [0.1, 0.15) is 5.56 Å². The van der Waals surface area contributed by atoms with E-state index < -0.39 is 18.0 Å². The number of methoxy groups -OCH3 is 1. The lowest BCUT2D eigenvalue weighted by Gasteiger charge is -2.12. The van der Waals surface area contributed by atoms with E-state index in [0.717, 1.165) is 0 Å². The third-order valence-electron chi connectivity index (χ3n) is 1.66. The molecule has 8 heteroatoms. The summed E-state index contributed by atoms with van der Waals surface area (Å²) in [6.45, 7) is -0.168. The van der Waals surface area contributed by atoms with E-state index in [1.165, 1.54) is 13.2 Å². The third-order valence-corrected chi connectivity index (χ3v) is 1.66. The van der Waals surface area contributed by atoms with Crippen LogP contribution in [-0.4, -0.2) is 23.6 Å². The summed E-state index contributed by atoms with van der Waals surface area (Å²) in [5, 5.41) is 9.35. The molecule has 0 unspecified atom stereocenters. The topological polar surface area (TPSA) is 77.6 Å². The number of pyridine rings is 1. The van der Waals surface area contributed by atoms with Gasteiger partial charge in [-0.1, -0.05) is 0 Å². The van der Waals surface area contributed by atoms with Crippen molar-refractivity contribution >= 4 is 0 Å². The Morgan fingerprint density at radius 2 is 2.12 bits per heavy atom. The lowest BCUT2D eigenvalue weighted by Crippen LogP contribution is -2.18. The summed E-state index contributed by atoms with van der Waals surface area (Å²) in [7, 11) is 1.22. The molecule has 0 radical (unpaired) electrons. The second-order valence-electron chi connectivity index (χ2n) is 2.73. The minimum absolute atomic E-state index is 0.0473. The molecular formula is C8H9F3N2O3. The normalized spacial score (nSPS) is 11.3. The van der Waals surface area contributed by atoms with Gasteiger partial charge in [-0.05, 0) is 0 Å². The molecule has 0 aromatic carbocycles. The maximum absolute atomic E-state index is 11.9. The Bertz CT molecular complexity index is 382. The molecule has 0 atom stereocenters. The molecule has 16 heavy (non-hydrogen) atoms. The molecule has 0 saturated carbocycles. The highest BCUT2D eigenvalue weighted by Crippen LogP contribution is 2.34. The van der Waals surface area contributed by atoms with Crippen LogP contribution in [0.25, 0.3) is 0 Å². The highest BCUT2D eigenvalue weighted by atomic mass is 19.4. The maximum atomic E-state index is 11.9. The Morgan fingerprint density at radius 1 is 1.50 bits per heavy atom. The van der Waals surface area contributed by atoms with Crippen molar-refractivity contribution in [1.82, 2.24) is 4.98 Å². The predicted octanol–water partition coefficient (Wildman–Crippen LogP) is 1.15. The van der Waals surface area contributed by atoms with E-state index in [2.05, 4.69) is 14.5 Å². The van der Waals surface area contributed by atoms with Crippen LogP contribution in [0, 0.1) is 0 Å². The first-order valence-electron chi connectivity index (χ1n) is 4.10. The lowest BCUT2D eigenvalue weighted by molar-refractivity contribution is -0.276. The van der Waals surface area contributed by atoms with E-state index in [1.54, 1.807) is 0 Å². The molecular weight excluding hydrogens is 229 g/mol. The first-order valence-corrected chi connectivity index (χ1v) is 4.10. The number of aromatic hydroxyl groups is 1. The average Bonchev–Trinajstić information content (AvgIpc) is 2.19. The second kappa shape index (κ2) is 4.44. The molecule has 1 rings (SSSR count). The summed E-state index contributed by atoms with van der Waals surface area (Å²) in [4.78, 5) is 3.31. The van der Waals surface area contributed by atoms with Crippen LogP contribution in [0.4, 0.5) is 13.2 Å². The Hall–Kier alpha value is -1.70. The lowest BCUT2D eigenvalue weighted by atomic mass is 10.2. The molecule has 1 aromatic heterocycles. The molecule has 0 fully saturated rings. The molecule has 0 aliphatic heterocycles. The van der Waals surface area contributed by atoms with Crippen molar-refractivity contribution < 1.29 is 27.8 Å². The van der Waals surface area contributed by atoms with Crippen molar-refractivity contribution in [2.24, 2.45) is 5.73 Å². The quantitative estimate of drug-likeness (QED) is 0.826. The van der Waals surface area contributed by atoms with Gasteiger partial charge in [0.05, 0.1) is 7.11 Å². The number of nitrogens with zero attached hydrogens (tertiary/aromatic N) is 1. The van der Waals surface area contributed by atoms with E-state index in [1.807, 2.05) is 0 Å². The van der Waals surface area contributed by atoms with Crippen molar-refractivity contribution in [3.8, 4) is 17.5 Å². The summed E-state index contributed by atoms with van der Waals surface area (Å²) < 4.78 is 44.0. The molecule has 0 spiro atoms. The molecule has 1 aromatic rings. The van der Waals surface area contributed by atoms with Gasteiger partial charge in [0, 0.05) is 18.2 Å². The fourth-order valence-corrected chi connectivity index (χ4v) is 0.981. The SMILES string of the molecule is COc1cc(CN)c(O)c(OC(F)(F)F)n1. The van der Waals surface area contributed by atoms with Gasteiger partial charge in [0.25, 0.3) is 5.88 Å². The minimum Gasteiger partial charge on any atom is -0.503 e. The largest absolute Gasteiger partial charge is 0.574 e. The summed E-state index contributed by atoms with van der Waals surface area (Å²) in [5.74, 6) is -1.86. The van der Waals surface area contributed by atoms with Gasteiger partial charge in [0.15, 0.2) is 5.75 Å². The minimum atomic E-state index is -4.94. The summed E-state index contributed by atoms with van der Waals surface area (Å²) in [6, 6.07) is 1.22. The van der Waals surface area contributed by atoms with Crippen LogP contribution < -0.4 is 15.2 Å². The molecule has 0 bridgehead atoms. The Morgan fingerprint density at radius 3 is 2.56 bits per heavy atom. The van der Waals surface area contributed by atoms with Crippen LogP contribution in [0.5, 0.6) is 17.5 Å². The average molecular weight is 238 g/mol. The zero-order valence-corrected chi connectivity index (χ0v) is 8.21.